The van der Waals surface area contributed by atoms with Crippen LogP contribution in [0.25, 0.3) is 0 Å². The van der Waals surface area contributed by atoms with Gasteiger partial charge in [-0.05, 0) is 5.21 Å². The molecule has 0 aliphatic carbocycles. The highest BCUT2D eigenvalue weighted by Crippen LogP contribution is 1.91. The van der Waals surface area contributed by atoms with Crippen molar-refractivity contribution in [3.05, 3.63) is 12.3 Å². The van der Waals surface area contributed by atoms with Crippen LogP contribution < -0.4 is 5.32 Å². The molecule has 0 aliphatic rings. The predicted molar refractivity (Wildman–Crippen MR) is 29.1 cm³/mol. The van der Waals surface area contributed by atoms with E-state index in [1.807, 2.05) is 0 Å². The van der Waals surface area contributed by atoms with Gasteiger partial charge < -0.3 is 5.32 Å². The minimum atomic E-state index is 0.347. The maximum absolute atomic E-state index is 9.65. The maximum Gasteiger partial charge on any atom is 0.315 e. The molecule has 1 aromatic heterocycles. The van der Waals surface area contributed by atoms with Gasteiger partial charge in [0, 0.05) is 6.07 Å². The Kier molecular flexibility index (Phi) is 1.69. The van der Waals surface area contributed by atoms with Crippen molar-refractivity contribution in [2.75, 3.05) is 5.32 Å². The number of carbonyl (C=O) groups excluding carboxylic acids is 1. The van der Waals surface area contributed by atoms with Gasteiger partial charge in [0.2, 0.25) is 0 Å². The Morgan fingerprint density at radius 1 is 1.67 bits per heavy atom. The Morgan fingerprint density at radius 3 is 3.11 bits per heavy atom. The summed E-state index contributed by atoms with van der Waals surface area (Å²) in [7, 11) is 0. The summed E-state index contributed by atoms with van der Waals surface area (Å²) < 4.78 is 0. The van der Waals surface area contributed by atoms with E-state index in [0.717, 1.165) is 0 Å². The normalized spacial score (nSPS) is 8.44. The van der Waals surface area contributed by atoms with E-state index in [1.54, 1.807) is 0 Å². The molecule has 0 aromatic carbocycles. The van der Waals surface area contributed by atoms with Crippen LogP contribution in [0.1, 0.15) is 0 Å². The topological polar surface area (TPSA) is 67.8 Å². The van der Waals surface area contributed by atoms with Crippen LogP contribution in [-0.2, 0) is 4.79 Å². The summed E-state index contributed by atoms with van der Waals surface area (Å²) in [6, 6.07) is 1.51. The van der Waals surface area contributed by atoms with Crippen molar-refractivity contribution in [1.29, 1.82) is 0 Å². The third-order valence-corrected chi connectivity index (χ3v) is 0.682. The molecule has 0 bridgehead atoms. The number of rotatable bonds is 2. The molecule has 0 aliphatic heterocycles. The fraction of sp³-hybridized carbons (Fsp3) is 0. The molecule has 5 nitrogen and oxygen atoms in total. The molecule has 0 atom stereocenters. The van der Waals surface area contributed by atoms with Crippen LogP contribution in [0, 0.1) is 0 Å². The summed E-state index contributed by atoms with van der Waals surface area (Å²) >= 11 is 0. The monoisotopic (exact) mass is 123 g/mol. The van der Waals surface area contributed by atoms with Gasteiger partial charge in [-0.2, -0.15) is 0 Å². The minimum absolute atomic E-state index is 0.347. The van der Waals surface area contributed by atoms with Crippen LogP contribution >= 0.6 is 0 Å². The van der Waals surface area contributed by atoms with Crippen LogP contribution in [0.5, 0.6) is 0 Å². The zero-order valence-corrected chi connectivity index (χ0v) is 4.40. The lowest BCUT2D eigenvalue weighted by atomic mass is 10.6. The molecule has 0 saturated carbocycles. The summed E-state index contributed by atoms with van der Waals surface area (Å²) in [5.41, 5.74) is 0. The van der Waals surface area contributed by atoms with Gasteiger partial charge in [0.15, 0.2) is 5.82 Å². The quantitative estimate of drug-likeness (QED) is 0.530. The third-order valence-electron chi connectivity index (χ3n) is 0.682. The van der Waals surface area contributed by atoms with Gasteiger partial charge in [0.25, 0.3) is 0 Å². The Morgan fingerprint density at radius 2 is 2.56 bits per heavy atom. The summed E-state index contributed by atoms with van der Waals surface area (Å²) in [4.78, 5) is 9.65. The molecule has 1 amide bonds. The van der Waals surface area contributed by atoms with Crippen LogP contribution in [0.2, 0.25) is 0 Å². The molecule has 1 rings (SSSR count). The van der Waals surface area contributed by atoms with Gasteiger partial charge >= 0.3 is 6.41 Å². The summed E-state index contributed by atoms with van der Waals surface area (Å²) in [6.45, 7) is 0. The average Bonchev–Trinajstić information content (AvgIpc) is 1.91. The molecule has 5 heteroatoms. The van der Waals surface area contributed by atoms with Crippen LogP contribution in [-0.4, -0.2) is 21.8 Å². The van der Waals surface area contributed by atoms with Gasteiger partial charge in [-0.15, -0.1) is 10.2 Å². The highest BCUT2D eigenvalue weighted by atomic mass is 16.1. The molecular weight excluding hydrogens is 120 g/mol. The second kappa shape index (κ2) is 2.71. The Bertz CT molecular complexity index is 187. The first-order valence-corrected chi connectivity index (χ1v) is 2.21. The number of amides is 1. The number of aromatic nitrogens is 3. The Balaban J connectivity index is 2.72. The second-order valence-corrected chi connectivity index (χ2v) is 1.23. The fourth-order valence-corrected chi connectivity index (χ4v) is 0.360. The predicted octanol–water partition coefficient (Wildman–Crippen LogP) is -0.649. The number of hydrogen-bond acceptors (Lipinski definition) is 4. The van der Waals surface area contributed by atoms with Gasteiger partial charge in [-0.3, -0.25) is 4.79 Å². The van der Waals surface area contributed by atoms with Crippen molar-refractivity contribution < 1.29 is 4.79 Å². The van der Waals surface area contributed by atoms with Crippen molar-refractivity contribution in [2.45, 2.75) is 0 Å². The SMILES string of the molecule is O=[C]Nc1ccnnn1. The smallest absolute Gasteiger partial charge is 0.301 e. The number of hydrogen-bond donors (Lipinski definition) is 1. The van der Waals surface area contributed by atoms with Gasteiger partial charge in [0.1, 0.15) is 0 Å². The molecule has 0 saturated heterocycles. The first-order valence-electron chi connectivity index (χ1n) is 2.21. The lowest BCUT2D eigenvalue weighted by Gasteiger charge is -1.88. The number of nitrogens with zero attached hydrogens (tertiary/aromatic N) is 3. The summed E-state index contributed by atoms with van der Waals surface area (Å²) in [5, 5.41) is 12.3. The van der Waals surface area contributed by atoms with Crippen LogP contribution in [0.3, 0.4) is 0 Å². The molecule has 1 aromatic rings. The van der Waals surface area contributed by atoms with Gasteiger partial charge in [-0.1, -0.05) is 0 Å². The van der Waals surface area contributed by atoms with Crippen molar-refractivity contribution in [2.24, 2.45) is 0 Å². The van der Waals surface area contributed by atoms with Gasteiger partial charge in [0.05, 0.1) is 6.20 Å². The second-order valence-electron chi connectivity index (χ2n) is 1.23. The Hall–Kier alpha value is -1.52. The van der Waals surface area contributed by atoms with E-state index < -0.39 is 0 Å². The number of anilines is 1. The van der Waals surface area contributed by atoms with Crippen molar-refractivity contribution >= 4 is 12.2 Å². The third kappa shape index (κ3) is 1.45. The average molecular weight is 123 g/mol. The highest BCUT2D eigenvalue weighted by molar-refractivity contribution is 5.68. The molecular formula is C4H3N4O. The van der Waals surface area contributed by atoms with E-state index >= 15 is 0 Å². The van der Waals surface area contributed by atoms with E-state index in [1.165, 1.54) is 18.7 Å². The van der Waals surface area contributed by atoms with Crippen molar-refractivity contribution in [3.63, 3.8) is 0 Å². The highest BCUT2D eigenvalue weighted by Gasteiger charge is 1.87. The fourth-order valence-electron chi connectivity index (χ4n) is 0.360. The van der Waals surface area contributed by atoms with E-state index in [-0.39, 0.29) is 0 Å². The molecule has 0 fully saturated rings. The zero-order valence-electron chi connectivity index (χ0n) is 4.40. The molecule has 1 radical (unpaired) electrons. The lowest BCUT2D eigenvalue weighted by molar-refractivity contribution is 0.560. The van der Waals surface area contributed by atoms with Crippen molar-refractivity contribution in [3.8, 4) is 0 Å². The van der Waals surface area contributed by atoms with E-state index in [2.05, 4.69) is 20.7 Å². The minimum Gasteiger partial charge on any atom is -0.301 e. The Labute approximate surface area is 51.1 Å². The first kappa shape index (κ1) is 5.61. The maximum atomic E-state index is 9.65. The molecule has 0 unspecified atom stereocenters. The first-order chi connectivity index (χ1) is 4.43. The molecule has 0 spiro atoms. The van der Waals surface area contributed by atoms with Gasteiger partial charge in [-0.25, -0.2) is 0 Å². The van der Waals surface area contributed by atoms with Crippen LogP contribution in [0.4, 0.5) is 5.82 Å². The largest absolute Gasteiger partial charge is 0.315 e. The molecule has 45 valence electrons. The summed E-state index contributed by atoms with van der Waals surface area (Å²) in [5.74, 6) is 0.347. The van der Waals surface area contributed by atoms with Crippen molar-refractivity contribution in [1.82, 2.24) is 15.4 Å². The molecule has 9 heavy (non-hydrogen) atoms. The lowest BCUT2D eigenvalue weighted by Crippen LogP contribution is -1.97. The number of nitrogens with one attached hydrogen (secondary N) is 1. The molecule has 1 heterocycles. The summed E-state index contributed by atoms with van der Waals surface area (Å²) in [6.07, 6.45) is 2.88. The molecule has 1 N–H and O–H groups in total. The van der Waals surface area contributed by atoms with E-state index in [0.29, 0.717) is 5.82 Å². The standard InChI is InChI=1S/C4H3N4O/c9-3-5-4-1-2-6-8-7-4/h1-2H,(H,5,6,7,9). The van der Waals surface area contributed by atoms with Crippen LogP contribution in [0.15, 0.2) is 12.3 Å². The zero-order chi connectivity index (χ0) is 6.53. The van der Waals surface area contributed by atoms with E-state index in [9.17, 15) is 4.79 Å². The van der Waals surface area contributed by atoms with E-state index in [4.69, 9.17) is 0 Å².